The Balaban J connectivity index is 2.09. The second-order valence-corrected chi connectivity index (χ2v) is 4.90. The highest BCUT2D eigenvalue weighted by Crippen LogP contribution is 2.29. The van der Waals surface area contributed by atoms with Gasteiger partial charge in [0.25, 0.3) is 0 Å². The molecule has 1 unspecified atom stereocenters. The average Bonchev–Trinajstić information content (AvgIpc) is 2.62. The molecule has 1 aliphatic rings. The Bertz CT molecular complexity index is 399. The molecule has 1 aliphatic heterocycles. The van der Waals surface area contributed by atoms with Gasteiger partial charge in [-0.15, -0.1) is 0 Å². The largest absolute Gasteiger partial charge is 0.497 e. The van der Waals surface area contributed by atoms with Crippen molar-refractivity contribution < 1.29 is 9.13 Å². The zero-order valence-corrected chi connectivity index (χ0v) is 10.9. The lowest BCUT2D eigenvalue weighted by atomic mass is 9.97. The molecular weight excluding hydrogens is 231 g/mol. The Morgan fingerprint density at radius 1 is 1.39 bits per heavy atom. The van der Waals surface area contributed by atoms with Gasteiger partial charge in [-0.1, -0.05) is 6.07 Å². The monoisotopic (exact) mass is 252 g/mol. The summed E-state index contributed by atoms with van der Waals surface area (Å²) < 4.78 is 19.4. The van der Waals surface area contributed by atoms with E-state index < -0.39 is 5.67 Å². The average molecular weight is 252 g/mol. The summed E-state index contributed by atoms with van der Waals surface area (Å²) in [7, 11) is 1.66. The van der Waals surface area contributed by atoms with E-state index in [9.17, 15) is 4.39 Å². The van der Waals surface area contributed by atoms with Gasteiger partial charge in [-0.2, -0.15) is 0 Å². The van der Waals surface area contributed by atoms with E-state index >= 15 is 0 Å². The first-order valence-corrected chi connectivity index (χ1v) is 6.45. The van der Waals surface area contributed by atoms with Gasteiger partial charge in [0.1, 0.15) is 11.4 Å². The lowest BCUT2D eigenvalue weighted by molar-refractivity contribution is 0.155. The minimum Gasteiger partial charge on any atom is -0.497 e. The molecule has 1 saturated heterocycles. The van der Waals surface area contributed by atoms with Crippen molar-refractivity contribution in [1.82, 2.24) is 0 Å². The van der Waals surface area contributed by atoms with Crippen molar-refractivity contribution in [2.75, 3.05) is 31.6 Å². The molecule has 0 bridgehead atoms. The zero-order valence-electron chi connectivity index (χ0n) is 10.9. The van der Waals surface area contributed by atoms with E-state index in [2.05, 4.69) is 4.90 Å². The van der Waals surface area contributed by atoms with Crippen molar-refractivity contribution in [2.45, 2.75) is 24.9 Å². The lowest BCUT2D eigenvalue weighted by Crippen LogP contribution is -2.34. The summed E-state index contributed by atoms with van der Waals surface area (Å²) in [6.07, 6.45) is 1.90. The number of rotatable bonds is 3. The number of ether oxygens (including phenoxy) is 1. The second kappa shape index (κ2) is 5.57. The molecule has 1 aromatic rings. The first-order valence-electron chi connectivity index (χ1n) is 6.45. The van der Waals surface area contributed by atoms with Gasteiger partial charge in [-0.05, 0) is 25.0 Å². The number of nitrogens with two attached hydrogens (primary N) is 1. The van der Waals surface area contributed by atoms with Crippen LogP contribution < -0.4 is 15.4 Å². The molecule has 1 heterocycles. The summed E-state index contributed by atoms with van der Waals surface area (Å²) >= 11 is 0. The molecule has 3 nitrogen and oxygen atoms in total. The first kappa shape index (κ1) is 13.1. The molecule has 18 heavy (non-hydrogen) atoms. The number of methoxy groups -OCH3 is 1. The number of hydrogen-bond donors (Lipinski definition) is 1. The molecule has 1 aromatic carbocycles. The van der Waals surface area contributed by atoms with Crippen LogP contribution in [0.5, 0.6) is 5.75 Å². The van der Waals surface area contributed by atoms with Gasteiger partial charge < -0.3 is 15.4 Å². The molecule has 0 aromatic heterocycles. The molecule has 100 valence electrons. The summed E-state index contributed by atoms with van der Waals surface area (Å²) in [6, 6.07) is 7.91. The maximum absolute atomic E-state index is 14.2. The normalized spacial score (nSPS) is 24.7. The number of hydrogen-bond acceptors (Lipinski definition) is 3. The van der Waals surface area contributed by atoms with Crippen molar-refractivity contribution in [3.05, 3.63) is 24.3 Å². The van der Waals surface area contributed by atoms with Crippen LogP contribution in [0.15, 0.2) is 24.3 Å². The Hall–Kier alpha value is -1.29. The fourth-order valence-corrected chi connectivity index (χ4v) is 2.43. The standard InChI is InChI=1S/C14H21FN2O/c1-18-13-5-2-4-12(10-13)17-8-3-6-14(15,11-16)7-9-17/h2,4-5,10H,3,6-9,11,16H2,1H3. The molecule has 0 amide bonds. The minimum atomic E-state index is -1.19. The van der Waals surface area contributed by atoms with Gasteiger partial charge in [-0.3, -0.25) is 0 Å². The fraction of sp³-hybridized carbons (Fsp3) is 0.571. The quantitative estimate of drug-likeness (QED) is 0.897. The van der Waals surface area contributed by atoms with E-state index in [-0.39, 0.29) is 6.54 Å². The molecule has 0 spiro atoms. The fourth-order valence-electron chi connectivity index (χ4n) is 2.43. The highest BCUT2D eigenvalue weighted by Gasteiger charge is 2.30. The predicted molar refractivity (Wildman–Crippen MR) is 72.0 cm³/mol. The third-order valence-electron chi connectivity index (χ3n) is 3.67. The summed E-state index contributed by atoms with van der Waals surface area (Å²) in [5.74, 6) is 0.835. The molecular formula is C14H21FN2O. The van der Waals surface area contributed by atoms with Crippen LogP contribution in [-0.4, -0.2) is 32.4 Å². The first-order chi connectivity index (χ1) is 8.67. The molecule has 0 saturated carbocycles. The number of halogens is 1. The van der Waals surface area contributed by atoms with Gasteiger partial charge in [0.15, 0.2) is 0 Å². The van der Waals surface area contributed by atoms with Gasteiger partial charge in [0.2, 0.25) is 0 Å². The van der Waals surface area contributed by atoms with Crippen LogP contribution in [0.3, 0.4) is 0 Å². The van der Waals surface area contributed by atoms with Gasteiger partial charge in [0.05, 0.1) is 7.11 Å². The van der Waals surface area contributed by atoms with E-state index in [4.69, 9.17) is 10.5 Å². The van der Waals surface area contributed by atoms with Crippen LogP contribution in [0, 0.1) is 0 Å². The molecule has 2 rings (SSSR count). The van der Waals surface area contributed by atoms with E-state index in [0.717, 1.165) is 24.4 Å². The summed E-state index contributed by atoms with van der Waals surface area (Å²) in [5, 5.41) is 0. The van der Waals surface area contributed by atoms with Crippen LogP contribution >= 0.6 is 0 Å². The zero-order chi connectivity index (χ0) is 13.0. The summed E-state index contributed by atoms with van der Waals surface area (Å²) in [6.45, 7) is 1.71. The number of alkyl halides is 1. The molecule has 1 fully saturated rings. The van der Waals surface area contributed by atoms with E-state index in [1.54, 1.807) is 7.11 Å². The van der Waals surface area contributed by atoms with Crippen molar-refractivity contribution in [3.63, 3.8) is 0 Å². The van der Waals surface area contributed by atoms with Crippen LogP contribution in [0.1, 0.15) is 19.3 Å². The van der Waals surface area contributed by atoms with Crippen LogP contribution in [0.2, 0.25) is 0 Å². The van der Waals surface area contributed by atoms with E-state index in [0.29, 0.717) is 19.4 Å². The highest BCUT2D eigenvalue weighted by molar-refractivity contribution is 5.50. The lowest BCUT2D eigenvalue weighted by Gasteiger charge is -2.24. The third-order valence-corrected chi connectivity index (χ3v) is 3.67. The van der Waals surface area contributed by atoms with Crippen LogP contribution in [-0.2, 0) is 0 Å². The Morgan fingerprint density at radius 2 is 2.22 bits per heavy atom. The Kier molecular flexibility index (Phi) is 4.07. The molecule has 0 radical (unpaired) electrons. The number of benzene rings is 1. The smallest absolute Gasteiger partial charge is 0.124 e. The number of nitrogens with zero attached hydrogens (tertiary/aromatic N) is 1. The van der Waals surface area contributed by atoms with Gasteiger partial charge in [-0.25, -0.2) is 4.39 Å². The molecule has 0 aliphatic carbocycles. The highest BCUT2D eigenvalue weighted by atomic mass is 19.1. The van der Waals surface area contributed by atoms with Crippen molar-refractivity contribution >= 4 is 5.69 Å². The van der Waals surface area contributed by atoms with Crippen molar-refractivity contribution in [2.24, 2.45) is 5.73 Å². The van der Waals surface area contributed by atoms with Crippen molar-refractivity contribution in [3.8, 4) is 5.75 Å². The maximum Gasteiger partial charge on any atom is 0.124 e. The summed E-state index contributed by atoms with van der Waals surface area (Å²) in [4.78, 5) is 2.21. The van der Waals surface area contributed by atoms with E-state index in [1.165, 1.54) is 0 Å². The van der Waals surface area contributed by atoms with Crippen molar-refractivity contribution in [1.29, 1.82) is 0 Å². The van der Waals surface area contributed by atoms with Gasteiger partial charge >= 0.3 is 0 Å². The second-order valence-electron chi connectivity index (χ2n) is 4.90. The summed E-state index contributed by atoms with van der Waals surface area (Å²) in [5.41, 5.74) is 5.43. The van der Waals surface area contributed by atoms with Crippen LogP contribution in [0.25, 0.3) is 0 Å². The topological polar surface area (TPSA) is 38.5 Å². The van der Waals surface area contributed by atoms with Gasteiger partial charge in [0, 0.05) is 37.8 Å². The Labute approximate surface area is 108 Å². The maximum atomic E-state index is 14.2. The van der Waals surface area contributed by atoms with E-state index in [1.807, 2.05) is 24.3 Å². The number of anilines is 1. The molecule has 2 N–H and O–H groups in total. The SMILES string of the molecule is COc1cccc(N2CCCC(F)(CN)CC2)c1. The minimum absolute atomic E-state index is 0.124. The third kappa shape index (κ3) is 2.93. The molecule has 1 atom stereocenters. The molecule has 4 heteroatoms. The Morgan fingerprint density at radius 3 is 2.94 bits per heavy atom. The van der Waals surface area contributed by atoms with Crippen LogP contribution in [0.4, 0.5) is 10.1 Å². The predicted octanol–water partition coefficient (Wildman–Crippen LogP) is 2.35.